The van der Waals surface area contributed by atoms with Crippen molar-refractivity contribution in [3.63, 3.8) is 0 Å². The third-order valence-electron chi connectivity index (χ3n) is 2.67. The second-order valence-corrected chi connectivity index (χ2v) is 5.83. The smallest absolute Gasteiger partial charge is 0.304 e. The van der Waals surface area contributed by atoms with Gasteiger partial charge in [-0.1, -0.05) is 45.2 Å². The van der Waals surface area contributed by atoms with Gasteiger partial charge in [-0.3, -0.25) is 9.59 Å². The van der Waals surface area contributed by atoms with Gasteiger partial charge in [0.1, 0.15) is 0 Å². The van der Waals surface area contributed by atoms with E-state index in [0.717, 1.165) is 0 Å². The number of carbonyl (C=O) groups is 2. The molecule has 0 heterocycles. The molecule has 1 unspecified atom stereocenters. The van der Waals surface area contributed by atoms with Crippen LogP contribution in [0.1, 0.15) is 40.0 Å². The van der Waals surface area contributed by atoms with Gasteiger partial charge in [-0.2, -0.15) is 0 Å². The van der Waals surface area contributed by atoms with Crippen LogP contribution in [-0.2, 0) is 9.59 Å². The Bertz CT molecular complexity index is 374. The molecule has 0 fully saturated rings. The third kappa shape index (κ3) is 5.64. The Morgan fingerprint density at radius 3 is 2.06 bits per heavy atom. The molecule has 0 spiro atoms. The van der Waals surface area contributed by atoms with Crippen molar-refractivity contribution in [3.05, 3.63) is 0 Å². The van der Waals surface area contributed by atoms with Gasteiger partial charge in [-0.15, -0.1) is 0 Å². The first-order valence-electron chi connectivity index (χ1n) is 5.60. The van der Waals surface area contributed by atoms with Crippen LogP contribution in [0.2, 0.25) is 0 Å². The summed E-state index contributed by atoms with van der Waals surface area (Å²) in [4.78, 5) is 22.2. The van der Waals surface area contributed by atoms with Crippen LogP contribution in [0.4, 0.5) is 0 Å². The van der Waals surface area contributed by atoms with Gasteiger partial charge in [-0.05, 0) is 12.3 Å². The molecule has 0 bridgehead atoms. The standard InChI is InChI=1S/C12H18O4S2/c1-7(4-5-8(13)14)10(17)11(18)12(2,3)6-9(15)16/h7H,4-6H2,1-3H3,(H,13,14)(H,15,16). The van der Waals surface area contributed by atoms with Crippen molar-refractivity contribution in [1.82, 2.24) is 0 Å². The summed E-state index contributed by atoms with van der Waals surface area (Å²) in [6.45, 7) is 5.29. The Labute approximate surface area is 117 Å². The van der Waals surface area contributed by atoms with Crippen LogP contribution in [0.5, 0.6) is 0 Å². The molecule has 18 heavy (non-hydrogen) atoms. The maximum atomic E-state index is 10.7. The van der Waals surface area contributed by atoms with Crippen molar-refractivity contribution in [2.45, 2.75) is 40.0 Å². The second kappa shape index (κ2) is 6.89. The number of thiocarbonyl (C=S) groups is 2. The molecular weight excluding hydrogens is 272 g/mol. The maximum Gasteiger partial charge on any atom is 0.304 e. The van der Waals surface area contributed by atoms with E-state index in [9.17, 15) is 9.59 Å². The molecule has 0 aromatic carbocycles. The number of hydrogen-bond donors (Lipinski definition) is 2. The number of carboxylic acids is 2. The fourth-order valence-corrected chi connectivity index (χ4v) is 2.15. The average Bonchev–Trinajstić information content (AvgIpc) is 2.21. The molecule has 0 aromatic rings. The van der Waals surface area contributed by atoms with E-state index in [2.05, 4.69) is 0 Å². The highest BCUT2D eigenvalue weighted by molar-refractivity contribution is 7.89. The zero-order valence-electron chi connectivity index (χ0n) is 10.7. The SMILES string of the molecule is CC(CCC(=O)O)C(=S)C(=S)C(C)(C)CC(=O)O. The topological polar surface area (TPSA) is 74.6 Å². The summed E-state index contributed by atoms with van der Waals surface area (Å²) in [6.07, 6.45) is 0.359. The van der Waals surface area contributed by atoms with Crippen LogP contribution in [0.15, 0.2) is 0 Å². The predicted molar refractivity (Wildman–Crippen MR) is 77.3 cm³/mol. The number of hydrogen-bond acceptors (Lipinski definition) is 4. The highest BCUT2D eigenvalue weighted by atomic mass is 32.1. The van der Waals surface area contributed by atoms with E-state index in [1.165, 1.54) is 0 Å². The van der Waals surface area contributed by atoms with Gasteiger partial charge in [0.25, 0.3) is 0 Å². The molecule has 0 amide bonds. The van der Waals surface area contributed by atoms with Crippen molar-refractivity contribution in [3.8, 4) is 0 Å². The summed E-state index contributed by atoms with van der Waals surface area (Å²) in [6, 6.07) is 0. The fourth-order valence-electron chi connectivity index (χ4n) is 1.49. The quantitative estimate of drug-likeness (QED) is 0.670. The van der Waals surface area contributed by atoms with Crippen molar-refractivity contribution in [2.75, 3.05) is 0 Å². The van der Waals surface area contributed by atoms with Gasteiger partial charge < -0.3 is 10.2 Å². The zero-order valence-corrected chi connectivity index (χ0v) is 12.4. The normalized spacial score (nSPS) is 12.8. The number of rotatable bonds is 8. The van der Waals surface area contributed by atoms with Gasteiger partial charge in [0.2, 0.25) is 0 Å². The highest BCUT2D eigenvalue weighted by Gasteiger charge is 2.31. The predicted octanol–water partition coefficient (Wildman–Crippen LogP) is 2.73. The molecule has 0 radical (unpaired) electrons. The van der Waals surface area contributed by atoms with E-state index in [-0.39, 0.29) is 18.8 Å². The van der Waals surface area contributed by atoms with Crippen LogP contribution in [-0.4, -0.2) is 31.9 Å². The van der Waals surface area contributed by atoms with Crippen LogP contribution >= 0.6 is 24.4 Å². The minimum absolute atomic E-state index is 0.0310. The molecule has 102 valence electrons. The first-order valence-corrected chi connectivity index (χ1v) is 6.42. The first-order chi connectivity index (χ1) is 8.08. The largest absolute Gasteiger partial charge is 0.481 e. The number of aliphatic carboxylic acids is 2. The summed E-state index contributed by atoms with van der Waals surface area (Å²) in [5, 5.41) is 17.4. The highest BCUT2D eigenvalue weighted by Crippen LogP contribution is 2.26. The van der Waals surface area contributed by atoms with E-state index in [1.54, 1.807) is 13.8 Å². The molecule has 4 nitrogen and oxygen atoms in total. The van der Waals surface area contributed by atoms with Gasteiger partial charge in [-0.25, -0.2) is 0 Å². The van der Waals surface area contributed by atoms with Crippen molar-refractivity contribution in [1.29, 1.82) is 0 Å². The van der Waals surface area contributed by atoms with E-state index in [0.29, 0.717) is 16.1 Å². The first kappa shape index (κ1) is 17.1. The third-order valence-corrected chi connectivity index (χ3v) is 4.18. The Morgan fingerprint density at radius 2 is 1.67 bits per heavy atom. The molecule has 0 aliphatic rings. The Balaban J connectivity index is 4.63. The minimum Gasteiger partial charge on any atom is -0.481 e. The molecular formula is C12H18O4S2. The van der Waals surface area contributed by atoms with Gasteiger partial charge in [0, 0.05) is 21.6 Å². The van der Waals surface area contributed by atoms with Gasteiger partial charge in [0.05, 0.1) is 6.42 Å². The summed E-state index contributed by atoms with van der Waals surface area (Å²) >= 11 is 10.5. The van der Waals surface area contributed by atoms with Crippen molar-refractivity contribution in [2.24, 2.45) is 11.3 Å². The fraction of sp³-hybridized carbons (Fsp3) is 0.667. The second-order valence-electron chi connectivity index (χ2n) is 4.98. The minimum atomic E-state index is -0.927. The number of carboxylic acid groups (broad SMARTS) is 2. The lowest BCUT2D eigenvalue weighted by Crippen LogP contribution is -2.34. The summed E-state index contributed by atoms with van der Waals surface area (Å²) in [5.41, 5.74) is -0.685. The molecule has 6 heteroatoms. The van der Waals surface area contributed by atoms with Crippen LogP contribution < -0.4 is 0 Å². The molecule has 0 aliphatic carbocycles. The Morgan fingerprint density at radius 1 is 1.17 bits per heavy atom. The van der Waals surface area contributed by atoms with Crippen molar-refractivity contribution < 1.29 is 19.8 Å². The van der Waals surface area contributed by atoms with Crippen LogP contribution in [0, 0.1) is 11.3 Å². The molecule has 0 saturated carbocycles. The molecule has 2 N–H and O–H groups in total. The molecule has 0 rings (SSSR count). The van der Waals surface area contributed by atoms with E-state index in [1.807, 2.05) is 6.92 Å². The Kier molecular flexibility index (Phi) is 6.56. The van der Waals surface area contributed by atoms with E-state index in [4.69, 9.17) is 34.6 Å². The van der Waals surface area contributed by atoms with Gasteiger partial charge >= 0.3 is 11.9 Å². The molecule has 0 aliphatic heterocycles. The lowest BCUT2D eigenvalue weighted by molar-refractivity contribution is -0.138. The average molecular weight is 290 g/mol. The molecule has 0 saturated heterocycles. The van der Waals surface area contributed by atoms with Gasteiger partial charge in [0.15, 0.2) is 0 Å². The Hall–Kier alpha value is -0.880. The van der Waals surface area contributed by atoms with Crippen molar-refractivity contribution >= 4 is 46.1 Å². The molecule has 0 aromatic heterocycles. The van der Waals surface area contributed by atoms with E-state index >= 15 is 0 Å². The monoisotopic (exact) mass is 290 g/mol. The zero-order chi connectivity index (χ0) is 14.5. The lowest BCUT2D eigenvalue weighted by Gasteiger charge is -2.26. The van der Waals surface area contributed by atoms with Crippen LogP contribution in [0.3, 0.4) is 0 Å². The van der Waals surface area contributed by atoms with Crippen LogP contribution in [0.25, 0.3) is 0 Å². The maximum absolute atomic E-state index is 10.7. The van der Waals surface area contributed by atoms with E-state index < -0.39 is 17.4 Å². The summed E-state index contributed by atoms with van der Waals surface area (Å²) in [5.74, 6) is -1.93. The molecule has 1 atom stereocenters. The lowest BCUT2D eigenvalue weighted by atomic mass is 9.81. The summed E-state index contributed by atoms with van der Waals surface area (Å²) in [7, 11) is 0. The summed E-state index contributed by atoms with van der Waals surface area (Å²) < 4.78 is 0.